The van der Waals surface area contributed by atoms with Crippen LogP contribution in [0.3, 0.4) is 0 Å². The van der Waals surface area contributed by atoms with Gasteiger partial charge < -0.3 is 10.2 Å². The predicted octanol–water partition coefficient (Wildman–Crippen LogP) is 3.29. The van der Waals surface area contributed by atoms with E-state index in [-0.39, 0.29) is 0 Å². The highest BCUT2D eigenvalue weighted by Crippen LogP contribution is 2.22. The lowest BCUT2D eigenvalue weighted by atomic mass is 10.2. The number of aromatic nitrogens is 2. The molecule has 2 heterocycles. The molecule has 1 unspecified atom stereocenters. The smallest absolute Gasteiger partial charge is 0.225 e. The van der Waals surface area contributed by atoms with Crippen LogP contribution in [0.5, 0.6) is 0 Å². The highest BCUT2D eigenvalue weighted by Gasteiger charge is 2.24. The van der Waals surface area contributed by atoms with Crippen LogP contribution in [0.25, 0.3) is 0 Å². The molecule has 1 fully saturated rings. The quantitative estimate of drug-likeness (QED) is 0.927. The molecule has 3 rings (SSSR count). The monoisotopic (exact) mass is 340 g/mol. The minimum absolute atomic E-state index is 0.320. The standard InChI is InChI=1S/C15H15Cl2FN4/c16-11-2-1-10(14(17)5-11)6-19-13-3-4-22(9-13)15-20-7-12(18)8-21-15/h1-2,5,7-8,13,19H,3-4,6,9H2. The van der Waals surface area contributed by atoms with E-state index in [0.717, 1.165) is 25.1 Å². The molecule has 4 nitrogen and oxygen atoms in total. The summed E-state index contributed by atoms with van der Waals surface area (Å²) in [5.74, 6) is 0.144. The van der Waals surface area contributed by atoms with Gasteiger partial charge >= 0.3 is 0 Å². The van der Waals surface area contributed by atoms with Crippen LogP contribution < -0.4 is 10.2 Å². The molecule has 22 heavy (non-hydrogen) atoms. The molecule has 0 saturated carbocycles. The Morgan fingerprint density at radius 1 is 1.27 bits per heavy atom. The van der Waals surface area contributed by atoms with Gasteiger partial charge in [0.25, 0.3) is 0 Å². The van der Waals surface area contributed by atoms with Gasteiger partial charge in [-0.15, -0.1) is 0 Å². The number of halogens is 3. The molecule has 1 aliphatic heterocycles. The first-order valence-corrected chi connectivity index (χ1v) is 7.77. The summed E-state index contributed by atoms with van der Waals surface area (Å²) in [5.41, 5.74) is 1.02. The maximum Gasteiger partial charge on any atom is 0.225 e. The molecule has 7 heteroatoms. The van der Waals surface area contributed by atoms with E-state index in [1.54, 1.807) is 6.07 Å². The van der Waals surface area contributed by atoms with Gasteiger partial charge in [-0.05, 0) is 24.1 Å². The van der Waals surface area contributed by atoms with Crippen molar-refractivity contribution in [2.24, 2.45) is 0 Å². The normalized spacial score (nSPS) is 18.0. The van der Waals surface area contributed by atoms with Crippen LogP contribution >= 0.6 is 23.2 Å². The van der Waals surface area contributed by atoms with Crippen molar-refractivity contribution in [1.29, 1.82) is 0 Å². The SMILES string of the molecule is Fc1cnc(N2CCC(NCc3ccc(Cl)cc3Cl)C2)nc1. The molecule has 0 bridgehead atoms. The third-order valence-corrected chi connectivity index (χ3v) is 4.26. The third kappa shape index (κ3) is 3.66. The average Bonchev–Trinajstić information content (AvgIpc) is 2.96. The van der Waals surface area contributed by atoms with Gasteiger partial charge in [0.15, 0.2) is 5.82 Å². The van der Waals surface area contributed by atoms with E-state index in [1.165, 1.54) is 12.4 Å². The minimum atomic E-state index is -0.421. The topological polar surface area (TPSA) is 41.1 Å². The molecule has 0 amide bonds. The van der Waals surface area contributed by atoms with Crippen LogP contribution in [0.2, 0.25) is 10.0 Å². The summed E-state index contributed by atoms with van der Waals surface area (Å²) >= 11 is 12.1. The van der Waals surface area contributed by atoms with E-state index < -0.39 is 5.82 Å². The fourth-order valence-electron chi connectivity index (χ4n) is 2.50. The fourth-order valence-corrected chi connectivity index (χ4v) is 2.97. The summed E-state index contributed by atoms with van der Waals surface area (Å²) in [7, 11) is 0. The van der Waals surface area contributed by atoms with Crippen molar-refractivity contribution in [3.63, 3.8) is 0 Å². The zero-order chi connectivity index (χ0) is 15.5. The van der Waals surface area contributed by atoms with Gasteiger partial charge in [-0.1, -0.05) is 29.3 Å². The van der Waals surface area contributed by atoms with Crippen molar-refractivity contribution in [3.05, 3.63) is 52.0 Å². The second-order valence-electron chi connectivity index (χ2n) is 5.25. The molecule has 1 aromatic heterocycles. The van der Waals surface area contributed by atoms with E-state index in [1.807, 2.05) is 17.0 Å². The number of rotatable bonds is 4. The molecule has 1 aromatic carbocycles. The highest BCUT2D eigenvalue weighted by atomic mass is 35.5. The Morgan fingerprint density at radius 3 is 2.77 bits per heavy atom. The molecular formula is C15H15Cl2FN4. The van der Waals surface area contributed by atoms with Gasteiger partial charge in [-0.25, -0.2) is 14.4 Å². The summed E-state index contributed by atoms with van der Waals surface area (Å²) in [6.07, 6.45) is 3.36. The maximum atomic E-state index is 12.8. The van der Waals surface area contributed by atoms with E-state index >= 15 is 0 Å². The van der Waals surface area contributed by atoms with E-state index in [9.17, 15) is 4.39 Å². The molecule has 116 valence electrons. The first-order chi connectivity index (χ1) is 10.6. The Hall–Kier alpha value is -1.43. The zero-order valence-corrected chi connectivity index (χ0v) is 13.3. The van der Waals surface area contributed by atoms with E-state index in [2.05, 4.69) is 15.3 Å². The van der Waals surface area contributed by atoms with Crippen molar-refractivity contribution in [2.75, 3.05) is 18.0 Å². The van der Waals surface area contributed by atoms with Crippen LogP contribution in [0, 0.1) is 5.82 Å². The predicted molar refractivity (Wildman–Crippen MR) is 85.9 cm³/mol. The van der Waals surface area contributed by atoms with Crippen molar-refractivity contribution in [3.8, 4) is 0 Å². The molecular weight excluding hydrogens is 326 g/mol. The second-order valence-corrected chi connectivity index (χ2v) is 6.09. The van der Waals surface area contributed by atoms with Gasteiger partial charge in [-0.3, -0.25) is 0 Å². The summed E-state index contributed by atoms with van der Waals surface area (Å²) in [6, 6.07) is 5.82. The van der Waals surface area contributed by atoms with Crippen LogP contribution in [-0.4, -0.2) is 29.1 Å². The van der Waals surface area contributed by atoms with Crippen LogP contribution in [0.15, 0.2) is 30.6 Å². The van der Waals surface area contributed by atoms with Crippen LogP contribution in [0.4, 0.5) is 10.3 Å². The molecule has 1 atom stereocenters. The van der Waals surface area contributed by atoms with Crippen molar-refractivity contribution >= 4 is 29.2 Å². The summed E-state index contributed by atoms with van der Waals surface area (Å²) < 4.78 is 12.8. The molecule has 1 aliphatic rings. The number of nitrogens with one attached hydrogen (secondary N) is 1. The number of hydrogen-bond donors (Lipinski definition) is 1. The lowest BCUT2D eigenvalue weighted by molar-refractivity contribution is 0.551. The molecule has 1 saturated heterocycles. The Morgan fingerprint density at radius 2 is 2.05 bits per heavy atom. The average molecular weight is 341 g/mol. The Bertz CT molecular complexity index is 650. The first kappa shape index (κ1) is 15.5. The van der Waals surface area contributed by atoms with Gasteiger partial charge in [-0.2, -0.15) is 0 Å². The number of hydrogen-bond acceptors (Lipinski definition) is 4. The molecule has 0 spiro atoms. The first-order valence-electron chi connectivity index (χ1n) is 7.01. The largest absolute Gasteiger partial charge is 0.339 e. The lowest BCUT2D eigenvalue weighted by Crippen LogP contribution is -2.32. The lowest BCUT2D eigenvalue weighted by Gasteiger charge is -2.17. The van der Waals surface area contributed by atoms with Crippen LogP contribution in [0.1, 0.15) is 12.0 Å². The molecule has 0 aliphatic carbocycles. The summed E-state index contributed by atoms with van der Waals surface area (Å²) in [6.45, 7) is 2.31. The minimum Gasteiger partial charge on any atom is -0.339 e. The maximum absolute atomic E-state index is 12.8. The van der Waals surface area contributed by atoms with Gasteiger partial charge in [0.2, 0.25) is 5.95 Å². The van der Waals surface area contributed by atoms with Crippen molar-refractivity contribution < 1.29 is 4.39 Å². The van der Waals surface area contributed by atoms with Gasteiger partial charge in [0.05, 0.1) is 12.4 Å². The molecule has 0 radical (unpaired) electrons. The van der Waals surface area contributed by atoms with Gasteiger partial charge in [0.1, 0.15) is 0 Å². The number of benzene rings is 1. The van der Waals surface area contributed by atoms with Gasteiger partial charge in [0, 0.05) is 35.7 Å². The van der Waals surface area contributed by atoms with Crippen molar-refractivity contribution in [1.82, 2.24) is 15.3 Å². The Kier molecular flexibility index (Phi) is 4.76. The van der Waals surface area contributed by atoms with Crippen LogP contribution in [-0.2, 0) is 6.54 Å². The molecule has 1 N–H and O–H groups in total. The summed E-state index contributed by atoms with van der Waals surface area (Å²) in [5, 5.41) is 4.77. The Labute approximate surface area is 138 Å². The number of nitrogens with zero attached hydrogens (tertiary/aromatic N) is 3. The fraction of sp³-hybridized carbons (Fsp3) is 0.333. The summed E-state index contributed by atoms with van der Waals surface area (Å²) in [4.78, 5) is 10.1. The number of anilines is 1. The van der Waals surface area contributed by atoms with E-state index in [4.69, 9.17) is 23.2 Å². The zero-order valence-electron chi connectivity index (χ0n) is 11.8. The van der Waals surface area contributed by atoms with Crippen molar-refractivity contribution in [2.45, 2.75) is 19.0 Å². The van der Waals surface area contributed by atoms with E-state index in [0.29, 0.717) is 28.6 Å². The second kappa shape index (κ2) is 6.77. The third-order valence-electron chi connectivity index (χ3n) is 3.67. The molecule has 2 aromatic rings. The highest BCUT2D eigenvalue weighted by molar-refractivity contribution is 6.35. The Balaban J connectivity index is 1.56.